The average molecular weight is 279 g/mol. The van der Waals surface area contributed by atoms with E-state index in [1.54, 1.807) is 0 Å². The van der Waals surface area contributed by atoms with Crippen LogP contribution in [0.5, 0.6) is 0 Å². The van der Waals surface area contributed by atoms with Crippen LogP contribution in [0.15, 0.2) is 42.7 Å². The second kappa shape index (κ2) is 4.86. The third-order valence-corrected chi connectivity index (χ3v) is 3.81. The quantitative estimate of drug-likeness (QED) is 0.771. The standard InChI is InChI=1S/C16H17N5/c1-11-5-6-21-14(10-18-16(21)7-11)13-3-2-4-15(20-13)19-12-8-17-9-12/h2-7,10,12,17H,8-9H2,1H3,(H,19,20). The lowest BCUT2D eigenvalue weighted by Crippen LogP contribution is -2.51. The summed E-state index contributed by atoms with van der Waals surface area (Å²) in [5.41, 5.74) is 4.11. The first-order chi connectivity index (χ1) is 10.3. The van der Waals surface area contributed by atoms with Crippen molar-refractivity contribution in [2.24, 2.45) is 0 Å². The van der Waals surface area contributed by atoms with E-state index in [-0.39, 0.29) is 0 Å². The Bertz CT molecular complexity index is 788. The van der Waals surface area contributed by atoms with E-state index in [0.717, 1.165) is 35.9 Å². The molecule has 106 valence electrons. The van der Waals surface area contributed by atoms with Crippen molar-refractivity contribution in [2.75, 3.05) is 18.4 Å². The number of rotatable bonds is 3. The van der Waals surface area contributed by atoms with Gasteiger partial charge >= 0.3 is 0 Å². The van der Waals surface area contributed by atoms with Gasteiger partial charge in [-0.2, -0.15) is 0 Å². The van der Waals surface area contributed by atoms with Crippen molar-refractivity contribution in [3.05, 3.63) is 48.3 Å². The highest BCUT2D eigenvalue weighted by Crippen LogP contribution is 2.21. The van der Waals surface area contributed by atoms with Crippen molar-refractivity contribution in [1.29, 1.82) is 0 Å². The van der Waals surface area contributed by atoms with Crippen LogP contribution in [-0.2, 0) is 0 Å². The van der Waals surface area contributed by atoms with Gasteiger partial charge in [-0.25, -0.2) is 9.97 Å². The first-order valence-corrected chi connectivity index (χ1v) is 7.18. The normalized spacial score (nSPS) is 15.1. The van der Waals surface area contributed by atoms with Crippen molar-refractivity contribution in [3.8, 4) is 11.4 Å². The molecule has 2 N–H and O–H groups in total. The summed E-state index contributed by atoms with van der Waals surface area (Å²) in [6.07, 6.45) is 3.93. The van der Waals surface area contributed by atoms with E-state index in [1.165, 1.54) is 5.56 Å². The van der Waals surface area contributed by atoms with Gasteiger partial charge in [0, 0.05) is 19.3 Å². The van der Waals surface area contributed by atoms with E-state index in [9.17, 15) is 0 Å². The fourth-order valence-corrected chi connectivity index (χ4v) is 2.53. The summed E-state index contributed by atoms with van der Waals surface area (Å²) in [7, 11) is 0. The molecule has 4 rings (SSSR count). The monoisotopic (exact) mass is 279 g/mol. The maximum Gasteiger partial charge on any atom is 0.137 e. The van der Waals surface area contributed by atoms with Crippen molar-refractivity contribution in [3.63, 3.8) is 0 Å². The molecule has 0 saturated carbocycles. The molecule has 1 saturated heterocycles. The van der Waals surface area contributed by atoms with Crippen LogP contribution in [0, 0.1) is 6.92 Å². The number of hydrogen-bond acceptors (Lipinski definition) is 4. The fourth-order valence-electron chi connectivity index (χ4n) is 2.53. The lowest BCUT2D eigenvalue weighted by Gasteiger charge is -2.28. The molecule has 0 atom stereocenters. The number of fused-ring (bicyclic) bond motifs is 1. The largest absolute Gasteiger partial charge is 0.365 e. The summed E-state index contributed by atoms with van der Waals surface area (Å²) in [4.78, 5) is 9.18. The highest BCUT2D eigenvalue weighted by atomic mass is 15.1. The number of nitrogens with one attached hydrogen (secondary N) is 2. The first kappa shape index (κ1) is 12.3. The zero-order chi connectivity index (χ0) is 14.2. The summed E-state index contributed by atoms with van der Waals surface area (Å²) in [5, 5.41) is 6.68. The third kappa shape index (κ3) is 2.25. The van der Waals surface area contributed by atoms with Gasteiger partial charge < -0.3 is 10.6 Å². The van der Waals surface area contributed by atoms with Gasteiger partial charge in [0.05, 0.1) is 23.6 Å². The smallest absolute Gasteiger partial charge is 0.137 e. The van der Waals surface area contributed by atoms with Gasteiger partial charge in [0.15, 0.2) is 0 Å². The molecule has 0 unspecified atom stereocenters. The summed E-state index contributed by atoms with van der Waals surface area (Å²) >= 11 is 0. The average Bonchev–Trinajstić information content (AvgIpc) is 2.86. The van der Waals surface area contributed by atoms with E-state index in [1.807, 2.05) is 30.6 Å². The Kier molecular flexibility index (Phi) is 2.86. The lowest BCUT2D eigenvalue weighted by molar-refractivity contribution is 0.471. The van der Waals surface area contributed by atoms with E-state index in [2.05, 4.69) is 39.1 Å². The van der Waals surface area contributed by atoms with E-state index in [4.69, 9.17) is 4.98 Å². The summed E-state index contributed by atoms with van der Waals surface area (Å²) in [5.74, 6) is 0.918. The molecular weight excluding hydrogens is 262 g/mol. The fraction of sp³-hybridized carbons (Fsp3) is 0.250. The molecule has 0 spiro atoms. The predicted molar refractivity (Wildman–Crippen MR) is 83.4 cm³/mol. The Morgan fingerprint density at radius 1 is 1.29 bits per heavy atom. The molecule has 0 radical (unpaired) electrons. The minimum absolute atomic E-state index is 0.484. The van der Waals surface area contributed by atoms with Gasteiger partial charge in [-0.05, 0) is 36.8 Å². The molecule has 4 heterocycles. The Hall–Kier alpha value is -2.40. The summed E-state index contributed by atoms with van der Waals surface area (Å²) in [6, 6.07) is 10.7. The number of aryl methyl sites for hydroxylation is 1. The molecule has 0 aromatic carbocycles. The first-order valence-electron chi connectivity index (χ1n) is 7.18. The highest BCUT2D eigenvalue weighted by molar-refractivity contribution is 5.62. The molecule has 5 heteroatoms. The molecule has 0 amide bonds. The Labute approximate surface area is 123 Å². The topological polar surface area (TPSA) is 54.2 Å². The minimum Gasteiger partial charge on any atom is -0.365 e. The summed E-state index contributed by atoms with van der Waals surface area (Å²) < 4.78 is 2.07. The number of pyridine rings is 2. The van der Waals surface area contributed by atoms with Crippen LogP contribution in [-0.4, -0.2) is 33.5 Å². The van der Waals surface area contributed by atoms with Crippen LogP contribution in [0.3, 0.4) is 0 Å². The van der Waals surface area contributed by atoms with Gasteiger partial charge in [0.25, 0.3) is 0 Å². The summed E-state index contributed by atoms with van der Waals surface area (Å²) in [6.45, 7) is 4.07. The number of anilines is 1. The highest BCUT2D eigenvalue weighted by Gasteiger charge is 2.16. The zero-order valence-electron chi connectivity index (χ0n) is 11.9. The van der Waals surface area contributed by atoms with Crippen LogP contribution >= 0.6 is 0 Å². The molecule has 21 heavy (non-hydrogen) atoms. The molecule has 3 aromatic heterocycles. The van der Waals surface area contributed by atoms with Crippen LogP contribution in [0.4, 0.5) is 5.82 Å². The Balaban J connectivity index is 1.72. The van der Waals surface area contributed by atoms with E-state index >= 15 is 0 Å². The van der Waals surface area contributed by atoms with E-state index < -0.39 is 0 Å². The molecule has 3 aromatic rings. The van der Waals surface area contributed by atoms with Crippen LogP contribution < -0.4 is 10.6 Å². The molecule has 0 aliphatic carbocycles. The van der Waals surface area contributed by atoms with Gasteiger partial charge in [-0.1, -0.05) is 6.07 Å². The molecule has 1 aliphatic heterocycles. The number of hydrogen-bond donors (Lipinski definition) is 2. The SMILES string of the molecule is Cc1ccn2c(-c3cccc(NC4CNC4)n3)cnc2c1. The second-order valence-electron chi connectivity index (χ2n) is 5.48. The number of nitrogens with zero attached hydrogens (tertiary/aromatic N) is 3. The maximum atomic E-state index is 4.71. The van der Waals surface area contributed by atoms with Crippen molar-refractivity contribution in [1.82, 2.24) is 19.7 Å². The molecule has 1 fully saturated rings. The molecular formula is C16H17N5. The van der Waals surface area contributed by atoms with Crippen molar-refractivity contribution in [2.45, 2.75) is 13.0 Å². The van der Waals surface area contributed by atoms with Crippen molar-refractivity contribution >= 4 is 11.5 Å². The van der Waals surface area contributed by atoms with Gasteiger partial charge in [-0.3, -0.25) is 4.40 Å². The molecule has 5 nitrogen and oxygen atoms in total. The lowest BCUT2D eigenvalue weighted by atomic mass is 10.2. The third-order valence-electron chi connectivity index (χ3n) is 3.81. The second-order valence-corrected chi connectivity index (χ2v) is 5.48. The maximum absolute atomic E-state index is 4.71. The Morgan fingerprint density at radius 2 is 2.19 bits per heavy atom. The van der Waals surface area contributed by atoms with E-state index in [0.29, 0.717) is 6.04 Å². The molecule has 1 aliphatic rings. The van der Waals surface area contributed by atoms with Gasteiger partial charge in [0.1, 0.15) is 11.5 Å². The van der Waals surface area contributed by atoms with Gasteiger partial charge in [-0.15, -0.1) is 0 Å². The van der Waals surface area contributed by atoms with Crippen molar-refractivity contribution < 1.29 is 0 Å². The van der Waals surface area contributed by atoms with Crippen LogP contribution in [0.25, 0.3) is 17.0 Å². The van der Waals surface area contributed by atoms with Crippen LogP contribution in [0.2, 0.25) is 0 Å². The van der Waals surface area contributed by atoms with Gasteiger partial charge in [0.2, 0.25) is 0 Å². The number of aromatic nitrogens is 3. The predicted octanol–water partition coefficient (Wildman–Crippen LogP) is 2.09. The molecule has 0 bridgehead atoms. The Morgan fingerprint density at radius 3 is 3.00 bits per heavy atom. The van der Waals surface area contributed by atoms with Crippen LogP contribution in [0.1, 0.15) is 5.56 Å². The zero-order valence-corrected chi connectivity index (χ0v) is 11.9. The number of imidazole rings is 1. The minimum atomic E-state index is 0.484.